The lowest BCUT2D eigenvalue weighted by atomic mass is 9.92. The highest BCUT2D eigenvalue weighted by Gasteiger charge is 2.56. The van der Waals surface area contributed by atoms with Crippen LogP contribution in [0, 0.1) is 28.1 Å². The number of benzene rings is 1. The molecule has 244 valence electrons. The number of rotatable bonds is 11. The lowest BCUT2D eigenvalue weighted by Crippen LogP contribution is -2.48. The Balaban J connectivity index is 1.61. The fourth-order valence-corrected chi connectivity index (χ4v) is 5.22. The molecule has 1 aliphatic carbocycles. The predicted molar refractivity (Wildman–Crippen MR) is 169 cm³/mol. The van der Waals surface area contributed by atoms with Crippen LogP contribution in [0.3, 0.4) is 0 Å². The second-order valence-electron chi connectivity index (χ2n) is 12.1. The molecule has 0 saturated heterocycles. The molecule has 3 heterocycles. The van der Waals surface area contributed by atoms with E-state index in [1.807, 2.05) is 25.1 Å². The van der Waals surface area contributed by atoms with Crippen LogP contribution >= 0.6 is 0 Å². The van der Waals surface area contributed by atoms with Crippen LogP contribution in [-0.4, -0.2) is 45.7 Å². The maximum Gasteiger partial charge on any atom is 0.395 e. The summed E-state index contributed by atoms with van der Waals surface area (Å²) in [5.41, 5.74) is 5.20. The third kappa shape index (κ3) is 6.29. The number of aromatic nitrogens is 2. The average Bonchev–Trinajstić information content (AvgIpc) is 3.71. The summed E-state index contributed by atoms with van der Waals surface area (Å²) in [6, 6.07) is 9.89. The zero-order chi connectivity index (χ0) is 34.1. The van der Waals surface area contributed by atoms with Crippen LogP contribution in [0.25, 0.3) is 22.6 Å². The highest BCUT2D eigenvalue weighted by Crippen LogP contribution is 2.47. The van der Waals surface area contributed by atoms with Crippen LogP contribution in [0.1, 0.15) is 56.0 Å². The van der Waals surface area contributed by atoms with E-state index < -0.39 is 36.1 Å². The standard InChI is InChI=1S/C33H32F5N9/c1-5-7-25-23(8-6-11-41-25)19(2)27(26-17-47(46-45-26)32(9-10-32)30(34)35)44-22-12-20(14-39)28-24(13-22)29(21(15-40)16-42-28)43-18-31(3,4)33(36,37)38/h5-8,11-13,16-17,27,30,44-46H,2,9-10,18H2,1,3-4H3,(H,42,43)/b7-5-/t27-/m0/s1. The van der Waals surface area contributed by atoms with E-state index in [9.17, 15) is 32.5 Å². The lowest BCUT2D eigenvalue weighted by Gasteiger charge is -2.29. The Hall–Kier alpha value is -5.21. The molecule has 1 atom stereocenters. The molecule has 1 aromatic carbocycles. The predicted octanol–water partition coefficient (Wildman–Crippen LogP) is 6.86. The van der Waals surface area contributed by atoms with Crippen molar-refractivity contribution in [3.8, 4) is 12.1 Å². The zero-order valence-corrected chi connectivity index (χ0v) is 25.8. The van der Waals surface area contributed by atoms with E-state index in [0.717, 1.165) is 13.8 Å². The van der Waals surface area contributed by atoms with Gasteiger partial charge in [-0.2, -0.15) is 23.7 Å². The number of fused-ring (bicyclic) bond motifs is 1. The first kappa shape index (κ1) is 33.2. The van der Waals surface area contributed by atoms with E-state index in [-0.39, 0.29) is 27.7 Å². The summed E-state index contributed by atoms with van der Waals surface area (Å²) in [4.78, 5) is 8.71. The van der Waals surface area contributed by atoms with E-state index >= 15 is 0 Å². The van der Waals surface area contributed by atoms with E-state index in [2.05, 4.69) is 44.2 Å². The van der Waals surface area contributed by atoms with Crippen molar-refractivity contribution in [1.29, 1.82) is 10.5 Å². The van der Waals surface area contributed by atoms with Gasteiger partial charge in [-0.1, -0.05) is 18.7 Å². The zero-order valence-electron chi connectivity index (χ0n) is 25.8. The number of anilines is 2. The van der Waals surface area contributed by atoms with Crippen LogP contribution in [0.15, 0.2) is 61.2 Å². The largest absolute Gasteiger partial charge is 0.395 e. The highest BCUT2D eigenvalue weighted by atomic mass is 19.4. The number of nitriles is 2. The van der Waals surface area contributed by atoms with Crippen molar-refractivity contribution in [3.05, 3.63) is 83.6 Å². The third-order valence-electron chi connectivity index (χ3n) is 8.40. The molecular formula is C33H32F5N9. The molecule has 0 radical (unpaired) electrons. The highest BCUT2D eigenvalue weighted by molar-refractivity contribution is 5.99. The number of alkyl halides is 5. The van der Waals surface area contributed by atoms with Crippen molar-refractivity contribution in [2.75, 3.05) is 17.2 Å². The van der Waals surface area contributed by atoms with Gasteiger partial charge in [0.2, 0.25) is 0 Å². The molecule has 0 unspecified atom stereocenters. The Bertz CT molecular complexity index is 1850. The van der Waals surface area contributed by atoms with Gasteiger partial charge in [-0.25, -0.2) is 8.78 Å². The molecule has 5 rings (SSSR count). The van der Waals surface area contributed by atoms with Gasteiger partial charge in [0.05, 0.1) is 45.2 Å². The first-order valence-electron chi connectivity index (χ1n) is 14.7. The monoisotopic (exact) mass is 649 g/mol. The van der Waals surface area contributed by atoms with Crippen LogP contribution in [0.4, 0.5) is 33.3 Å². The molecule has 14 heteroatoms. The molecule has 0 amide bonds. The number of halogens is 5. The normalized spacial score (nSPS) is 16.4. The van der Waals surface area contributed by atoms with Crippen molar-refractivity contribution in [2.24, 2.45) is 5.41 Å². The van der Waals surface area contributed by atoms with Crippen LogP contribution in [0.5, 0.6) is 0 Å². The van der Waals surface area contributed by atoms with Crippen molar-refractivity contribution in [1.82, 2.24) is 25.9 Å². The number of nitrogens with one attached hydrogen (secondary N) is 4. The topological polar surface area (TPSA) is 125 Å². The molecule has 0 spiro atoms. The van der Waals surface area contributed by atoms with Gasteiger partial charge in [-0.3, -0.25) is 15.0 Å². The Morgan fingerprint density at radius 1 is 1.17 bits per heavy atom. The summed E-state index contributed by atoms with van der Waals surface area (Å²) in [5, 5.41) is 27.6. The number of hydrogen-bond donors (Lipinski definition) is 4. The molecule has 9 nitrogen and oxygen atoms in total. The number of allylic oxidation sites excluding steroid dienone is 1. The average molecular weight is 650 g/mol. The number of nitrogens with zero attached hydrogens (tertiary/aromatic N) is 5. The smallest absolute Gasteiger partial charge is 0.382 e. The van der Waals surface area contributed by atoms with Gasteiger partial charge >= 0.3 is 6.18 Å². The van der Waals surface area contributed by atoms with E-state index in [1.54, 1.807) is 30.6 Å². The maximum absolute atomic E-state index is 14.0. The van der Waals surface area contributed by atoms with Crippen molar-refractivity contribution in [3.63, 3.8) is 0 Å². The van der Waals surface area contributed by atoms with Gasteiger partial charge in [0, 0.05) is 41.8 Å². The summed E-state index contributed by atoms with van der Waals surface area (Å²) in [7, 11) is 0. The molecule has 2 aromatic heterocycles. The summed E-state index contributed by atoms with van der Waals surface area (Å²) in [5.74, 6) is 0. The Kier molecular flexibility index (Phi) is 8.84. The minimum atomic E-state index is -4.53. The maximum atomic E-state index is 14.0. The molecule has 2 aliphatic rings. The molecule has 4 N–H and O–H groups in total. The Morgan fingerprint density at radius 3 is 2.51 bits per heavy atom. The lowest BCUT2D eigenvalue weighted by molar-refractivity contribution is -0.206. The molecule has 1 aliphatic heterocycles. The molecule has 47 heavy (non-hydrogen) atoms. The van der Waals surface area contributed by atoms with Gasteiger partial charge < -0.3 is 16.1 Å². The SMILES string of the molecule is C=C(c1cccnc1/C=C\C)[C@H](Nc1cc(C#N)c2ncc(C#N)c(NCC(C)(C)C(F)(F)F)c2c1)C1=CN(C2(C(F)F)CC2)NN1. The number of hydrogen-bond acceptors (Lipinski definition) is 9. The van der Waals surface area contributed by atoms with E-state index in [0.29, 0.717) is 41.1 Å². The van der Waals surface area contributed by atoms with Gasteiger partial charge in [0.1, 0.15) is 17.7 Å². The summed E-state index contributed by atoms with van der Waals surface area (Å²) < 4.78 is 69.1. The van der Waals surface area contributed by atoms with Gasteiger partial charge in [-0.05, 0) is 63.5 Å². The Labute approximate surface area is 268 Å². The first-order valence-corrected chi connectivity index (χ1v) is 14.7. The first-order chi connectivity index (χ1) is 22.3. The fourth-order valence-electron chi connectivity index (χ4n) is 5.22. The van der Waals surface area contributed by atoms with Crippen molar-refractivity contribution >= 4 is 33.9 Å². The molecule has 3 aromatic rings. The quantitative estimate of drug-likeness (QED) is 0.165. The van der Waals surface area contributed by atoms with Gasteiger partial charge in [-0.15, -0.1) is 5.53 Å². The second-order valence-corrected chi connectivity index (χ2v) is 12.1. The minimum Gasteiger partial charge on any atom is -0.382 e. The van der Waals surface area contributed by atoms with Crippen LogP contribution < -0.4 is 21.6 Å². The molecule has 1 fully saturated rings. The minimum absolute atomic E-state index is 0.00873. The molecule has 1 saturated carbocycles. The second kappa shape index (κ2) is 12.5. The molecular weight excluding hydrogens is 617 g/mol. The number of pyridine rings is 2. The van der Waals surface area contributed by atoms with Gasteiger partial charge in [0.15, 0.2) is 0 Å². The molecule has 0 bridgehead atoms. The fraction of sp³-hybridized carbons (Fsp3) is 0.333. The van der Waals surface area contributed by atoms with Crippen molar-refractivity contribution < 1.29 is 22.0 Å². The number of hydrazine groups is 2. The van der Waals surface area contributed by atoms with Gasteiger partial charge in [0.25, 0.3) is 6.43 Å². The van der Waals surface area contributed by atoms with E-state index in [1.165, 1.54) is 17.3 Å². The third-order valence-corrected chi connectivity index (χ3v) is 8.40. The Morgan fingerprint density at radius 2 is 1.89 bits per heavy atom. The van der Waals surface area contributed by atoms with E-state index in [4.69, 9.17) is 0 Å². The van der Waals surface area contributed by atoms with Crippen molar-refractivity contribution in [2.45, 2.75) is 57.8 Å². The van der Waals surface area contributed by atoms with Crippen LogP contribution in [0.2, 0.25) is 0 Å². The van der Waals surface area contributed by atoms with Crippen LogP contribution in [-0.2, 0) is 0 Å². The summed E-state index contributed by atoms with van der Waals surface area (Å²) in [6.07, 6.45) is 1.45. The summed E-state index contributed by atoms with van der Waals surface area (Å²) >= 11 is 0. The summed E-state index contributed by atoms with van der Waals surface area (Å²) in [6.45, 7) is 7.69.